The van der Waals surface area contributed by atoms with Crippen LogP contribution in [0, 0.1) is 10.1 Å². The van der Waals surface area contributed by atoms with Gasteiger partial charge in [0.25, 0.3) is 0 Å². The number of halogens is 3. The summed E-state index contributed by atoms with van der Waals surface area (Å²) in [6.45, 7) is 0.970. The fourth-order valence-corrected chi connectivity index (χ4v) is 2.70. The number of ether oxygens (including phenoxy) is 1. The third kappa shape index (κ3) is 3.71. The summed E-state index contributed by atoms with van der Waals surface area (Å²) in [7, 11) is 0. The number of morpholine rings is 1. The second kappa shape index (κ2) is 6.67. The van der Waals surface area contributed by atoms with Gasteiger partial charge in [0.2, 0.25) is 5.82 Å². The zero-order chi connectivity index (χ0) is 18.0. The van der Waals surface area contributed by atoms with Crippen molar-refractivity contribution in [2.75, 3.05) is 24.6 Å². The van der Waals surface area contributed by atoms with Crippen LogP contribution >= 0.6 is 0 Å². The molecule has 0 aliphatic carbocycles. The van der Waals surface area contributed by atoms with Gasteiger partial charge in [0.1, 0.15) is 6.10 Å². The highest BCUT2D eigenvalue weighted by atomic mass is 19.4. The molecule has 0 spiro atoms. The number of nitro groups is 1. The second-order valence-corrected chi connectivity index (χ2v) is 5.53. The number of anilines is 1. The Morgan fingerprint density at radius 1 is 1.24 bits per heavy atom. The highest BCUT2D eigenvalue weighted by Gasteiger charge is 2.31. The third-order valence-electron chi connectivity index (χ3n) is 3.94. The topological polar surface area (TPSA) is 68.5 Å². The van der Waals surface area contributed by atoms with Crippen molar-refractivity contribution in [2.24, 2.45) is 0 Å². The van der Waals surface area contributed by atoms with Gasteiger partial charge in [-0.25, -0.2) is 4.98 Å². The molecule has 1 aromatic heterocycles. The van der Waals surface area contributed by atoms with Crippen molar-refractivity contribution in [2.45, 2.75) is 12.3 Å². The number of hydrogen-bond donors (Lipinski definition) is 0. The highest BCUT2D eigenvalue weighted by molar-refractivity contribution is 5.57. The van der Waals surface area contributed by atoms with E-state index in [9.17, 15) is 23.3 Å². The molecule has 0 bridgehead atoms. The molecule has 3 rings (SSSR count). The van der Waals surface area contributed by atoms with Gasteiger partial charge < -0.3 is 9.64 Å². The van der Waals surface area contributed by atoms with Crippen LogP contribution in [-0.4, -0.2) is 29.6 Å². The number of rotatable bonds is 3. The zero-order valence-electron chi connectivity index (χ0n) is 12.9. The molecular formula is C16H14F3N3O3. The first-order chi connectivity index (χ1) is 11.9. The molecule has 1 fully saturated rings. The number of aromatic nitrogens is 1. The Bertz CT molecular complexity index is 765. The minimum Gasteiger partial charge on any atom is -0.370 e. The van der Waals surface area contributed by atoms with Crippen LogP contribution in [0.4, 0.5) is 24.7 Å². The van der Waals surface area contributed by atoms with Gasteiger partial charge in [0.15, 0.2) is 0 Å². The van der Waals surface area contributed by atoms with E-state index in [1.165, 1.54) is 30.5 Å². The predicted octanol–water partition coefficient (Wildman–Crippen LogP) is 3.59. The molecule has 1 aromatic carbocycles. The van der Waals surface area contributed by atoms with Crippen molar-refractivity contribution >= 4 is 11.5 Å². The average molecular weight is 353 g/mol. The summed E-state index contributed by atoms with van der Waals surface area (Å²) in [4.78, 5) is 16.4. The standard InChI is InChI=1S/C16H14F3N3O3/c17-16(18,19)12-5-3-11(4-6-12)14-10-21(8-9-25-14)15-13(22(23)24)2-1-7-20-15/h1-7,14H,8-10H2. The maximum Gasteiger partial charge on any atom is 0.416 e. The Labute approximate surface area is 141 Å². The molecule has 1 aliphatic heterocycles. The first kappa shape index (κ1) is 17.2. The van der Waals surface area contributed by atoms with E-state index in [1.807, 2.05) is 0 Å². The van der Waals surface area contributed by atoms with E-state index in [-0.39, 0.29) is 18.1 Å². The lowest BCUT2D eigenvalue weighted by Crippen LogP contribution is -2.39. The smallest absolute Gasteiger partial charge is 0.370 e. The molecule has 0 N–H and O–H groups in total. The van der Waals surface area contributed by atoms with Gasteiger partial charge in [0.05, 0.1) is 23.6 Å². The van der Waals surface area contributed by atoms with Gasteiger partial charge in [-0.05, 0) is 23.8 Å². The molecule has 132 valence electrons. The van der Waals surface area contributed by atoms with Crippen LogP contribution in [0.3, 0.4) is 0 Å². The Balaban J connectivity index is 1.81. The maximum atomic E-state index is 12.7. The maximum absolute atomic E-state index is 12.7. The van der Waals surface area contributed by atoms with E-state index in [0.717, 1.165) is 12.1 Å². The SMILES string of the molecule is O=[N+]([O-])c1cccnc1N1CCOC(c2ccc(C(F)(F)F)cc2)C1. The van der Waals surface area contributed by atoms with Crippen molar-refractivity contribution < 1.29 is 22.8 Å². The van der Waals surface area contributed by atoms with Gasteiger partial charge in [-0.2, -0.15) is 13.2 Å². The van der Waals surface area contributed by atoms with Gasteiger partial charge in [-0.3, -0.25) is 10.1 Å². The molecule has 2 heterocycles. The van der Waals surface area contributed by atoms with E-state index in [0.29, 0.717) is 18.7 Å². The molecule has 1 aliphatic rings. The number of nitrogens with zero attached hydrogens (tertiary/aromatic N) is 3. The zero-order valence-corrected chi connectivity index (χ0v) is 12.9. The van der Waals surface area contributed by atoms with E-state index < -0.39 is 22.8 Å². The minimum absolute atomic E-state index is 0.115. The number of benzene rings is 1. The van der Waals surface area contributed by atoms with Crippen LogP contribution in [0.2, 0.25) is 0 Å². The summed E-state index contributed by atoms with van der Waals surface area (Å²) < 4.78 is 43.6. The van der Waals surface area contributed by atoms with Crippen LogP contribution in [0.25, 0.3) is 0 Å². The second-order valence-electron chi connectivity index (χ2n) is 5.53. The van der Waals surface area contributed by atoms with Crippen LogP contribution < -0.4 is 4.90 Å². The van der Waals surface area contributed by atoms with E-state index in [4.69, 9.17) is 4.74 Å². The van der Waals surface area contributed by atoms with Crippen LogP contribution in [0.5, 0.6) is 0 Å². The first-order valence-corrected chi connectivity index (χ1v) is 7.49. The normalized spacial score (nSPS) is 18.2. The lowest BCUT2D eigenvalue weighted by molar-refractivity contribution is -0.384. The Morgan fingerprint density at radius 3 is 2.60 bits per heavy atom. The summed E-state index contributed by atoms with van der Waals surface area (Å²) >= 11 is 0. The quantitative estimate of drug-likeness (QED) is 0.623. The highest BCUT2D eigenvalue weighted by Crippen LogP contribution is 2.33. The number of alkyl halides is 3. The molecule has 9 heteroatoms. The Morgan fingerprint density at radius 2 is 1.96 bits per heavy atom. The fraction of sp³-hybridized carbons (Fsp3) is 0.312. The first-order valence-electron chi connectivity index (χ1n) is 7.49. The van der Waals surface area contributed by atoms with E-state index in [2.05, 4.69) is 4.98 Å². The molecule has 0 radical (unpaired) electrons. The van der Waals surface area contributed by atoms with Crippen molar-refractivity contribution in [1.29, 1.82) is 0 Å². The fourth-order valence-electron chi connectivity index (χ4n) is 2.70. The van der Waals surface area contributed by atoms with Gasteiger partial charge >= 0.3 is 11.9 Å². The lowest BCUT2D eigenvalue weighted by atomic mass is 10.1. The summed E-state index contributed by atoms with van der Waals surface area (Å²) in [5.74, 6) is 0.229. The summed E-state index contributed by atoms with van der Waals surface area (Å²) in [6, 6.07) is 7.58. The van der Waals surface area contributed by atoms with Crippen molar-refractivity contribution in [3.63, 3.8) is 0 Å². The van der Waals surface area contributed by atoms with Crippen LogP contribution in [0.1, 0.15) is 17.2 Å². The molecule has 1 saturated heterocycles. The average Bonchev–Trinajstić information content (AvgIpc) is 2.61. The van der Waals surface area contributed by atoms with Crippen molar-refractivity contribution in [3.05, 3.63) is 63.8 Å². The lowest BCUT2D eigenvalue weighted by Gasteiger charge is -2.33. The monoisotopic (exact) mass is 353 g/mol. The summed E-state index contributed by atoms with van der Waals surface area (Å²) in [5.41, 5.74) is -0.267. The van der Waals surface area contributed by atoms with Crippen molar-refractivity contribution in [1.82, 2.24) is 4.98 Å². The van der Waals surface area contributed by atoms with E-state index in [1.54, 1.807) is 4.90 Å². The molecular weight excluding hydrogens is 339 g/mol. The largest absolute Gasteiger partial charge is 0.416 e. The Hall–Kier alpha value is -2.68. The number of hydrogen-bond acceptors (Lipinski definition) is 5. The minimum atomic E-state index is -4.40. The van der Waals surface area contributed by atoms with E-state index >= 15 is 0 Å². The Kier molecular flexibility index (Phi) is 4.58. The molecule has 1 atom stereocenters. The van der Waals surface area contributed by atoms with Gasteiger partial charge in [-0.15, -0.1) is 0 Å². The number of pyridine rings is 1. The summed E-state index contributed by atoms with van der Waals surface area (Å²) in [5, 5.41) is 11.1. The summed E-state index contributed by atoms with van der Waals surface area (Å²) in [6.07, 6.45) is -3.42. The molecule has 6 nitrogen and oxygen atoms in total. The van der Waals surface area contributed by atoms with Gasteiger partial charge in [0, 0.05) is 18.8 Å². The predicted molar refractivity (Wildman–Crippen MR) is 83.2 cm³/mol. The van der Waals surface area contributed by atoms with Crippen LogP contribution in [-0.2, 0) is 10.9 Å². The molecule has 0 saturated carbocycles. The molecule has 0 amide bonds. The van der Waals surface area contributed by atoms with Gasteiger partial charge in [-0.1, -0.05) is 12.1 Å². The molecule has 2 aromatic rings. The van der Waals surface area contributed by atoms with Crippen LogP contribution in [0.15, 0.2) is 42.6 Å². The molecule has 25 heavy (non-hydrogen) atoms. The van der Waals surface area contributed by atoms with Crippen molar-refractivity contribution in [3.8, 4) is 0 Å². The molecule has 1 unspecified atom stereocenters. The third-order valence-corrected chi connectivity index (χ3v) is 3.94.